The summed E-state index contributed by atoms with van der Waals surface area (Å²) < 4.78 is 17.7. The molecule has 3 aliphatic heterocycles. The van der Waals surface area contributed by atoms with Gasteiger partial charge in [-0.25, -0.2) is 9.59 Å². The lowest BCUT2D eigenvalue weighted by molar-refractivity contribution is -0.148. The van der Waals surface area contributed by atoms with E-state index in [-0.39, 0.29) is 75.2 Å². The van der Waals surface area contributed by atoms with Gasteiger partial charge in [0.25, 0.3) is 23.6 Å². The van der Waals surface area contributed by atoms with E-state index in [1.54, 1.807) is 91.6 Å². The highest BCUT2D eigenvalue weighted by atomic mass is 16.6. The average molecular weight is 1400 g/mol. The lowest BCUT2D eigenvalue weighted by Crippen LogP contribution is -2.60. The van der Waals surface area contributed by atoms with Crippen LogP contribution in [0.3, 0.4) is 0 Å². The summed E-state index contributed by atoms with van der Waals surface area (Å²) in [6, 6.07) is 7.05. The third kappa shape index (κ3) is 22.2. The maximum Gasteiger partial charge on any atom is 0.410 e. The van der Waals surface area contributed by atoms with Gasteiger partial charge in [-0.05, 0) is 86.0 Å². The Bertz CT molecular complexity index is 3240. The number of nitrogens with zero attached hydrogens (tertiary/aromatic N) is 5. The van der Waals surface area contributed by atoms with Gasteiger partial charge in [-0.3, -0.25) is 67.4 Å². The van der Waals surface area contributed by atoms with E-state index in [1.807, 2.05) is 32.0 Å². The van der Waals surface area contributed by atoms with Gasteiger partial charge in [-0.15, -0.1) is 0 Å². The van der Waals surface area contributed by atoms with Crippen molar-refractivity contribution in [2.45, 2.75) is 194 Å². The van der Waals surface area contributed by atoms with Crippen molar-refractivity contribution in [3.63, 3.8) is 0 Å². The average Bonchev–Trinajstić information content (AvgIpc) is 1.45. The van der Waals surface area contributed by atoms with Crippen LogP contribution in [0.4, 0.5) is 15.3 Å². The third-order valence-corrected chi connectivity index (χ3v) is 18.7. The van der Waals surface area contributed by atoms with Crippen LogP contribution in [0.15, 0.2) is 78.9 Å². The first-order valence-electron chi connectivity index (χ1n) is 34.2. The summed E-state index contributed by atoms with van der Waals surface area (Å²) in [5.41, 5.74) is 6.68. The van der Waals surface area contributed by atoms with Crippen molar-refractivity contribution in [3.8, 4) is 0 Å². The molecule has 0 bridgehead atoms. The predicted molar refractivity (Wildman–Crippen MR) is 369 cm³/mol. The fraction of sp³-hybridized carbons (Fsp3) is 0.592. The number of ether oxygens (including phenoxy) is 3. The van der Waals surface area contributed by atoms with Crippen molar-refractivity contribution in [3.05, 3.63) is 90.0 Å². The molecule has 550 valence electrons. The molecule has 9 N–H and O–H groups in total. The van der Waals surface area contributed by atoms with Crippen LogP contribution < -0.4 is 37.6 Å². The molecule has 13 atom stereocenters. The van der Waals surface area contributed by atoms with E-state index in [9.17, 15) is 67.4 Å². The fourth-order valence-electron chi connectivity index (χ4n) is 12.9. The summed E-state index contributed by atoms with van der Waals surface area (Å²) in [5.74, 6) is -8.73. The second-order valence-corrected chi connectivity index (χ2v) is 27.0. The predicted octanol–water partition coefficient (Wildman–Crippen LogP) is 3.59. The highest BCUT2D eigenvalue weighted by molar-refractivity contribution is 6.14. The number of carbonyl (C=O) groups is 13. The summed E-state index contributed by atoms with van der Waals surface area (Å²) in [7, 11) is 6.03. The third-order valence-electron chi connectivity index (χ3n) is 18.7. The number of likely N-dealkylation sites (N-methyl/N-ethyl adjacent to an activating group) is 2. The molecule has 0 spiro atoms. The van der Waals surface area contributed by atoms with Gasteiger partial charge in [-0.2, -0.15) is 0 Å². The van der Waals surface area contributed by atoms with E-state index in [4.69, 9.17) is 19.9 Å². The number of imide groups is 2. The van der Waals surface area contributed by atoms with Crippen LogP contribution in [0.25, 0.3) is 0 Å². The first kappa shape index (κ1) is 81.6. The van der Waals surface area contributed by atoms with E-state index >= 15 is 0 Å². The minimum absolute atomic E-state index is 0.000377. The van der Waals surface area contributed by atoms with E-state index in [0.717, 1.165) is 39.0 Å². The molecule has 0 radical (unpaired) electrons. The number of carbonyl (C=O) groups excluding carboxylic acids is 13. The van der Waals surface area contributed by atoms with Gasteiger partial charge in [0.05, 0.1) is 61.4 Å². The number of hydrogen-bond donors (Lipinski definition) is 8. The summed E-state index contributed by atoms with van der Waals surface area (Å²) in [5, 5.41) is 27.4. The number of nitrogens with two attached hydrogens (primary N) is 1. The Morgan fingerprint density at radius 1 is 0.690 bits per heavy atom. The van der Waals surface area contributed by atoms with Crippen LogP contribution in [0.1, 0.15) is 138 Å². The molecule has 29 nitrogen and oxygen atoms in total. The molecule has 29 heteroatoms. The first-order chi connectivity index (χ1) is 47.3. The maximum absolute atomic E-state index is 14.8. The second-order valence-electron chi connectivity index (χ2n) is 27.0. The zero-order valence-electron chi connectivity index (χ0n) is 60.0. The van der Waals surface area contributed by atoms with E-state index < -0.39 is 156 Å². The molecule has 100 heavy (non-hydrogen) atoms. The Morgan fingerprint density at radius 2 is 1.30 bits per heavy atom. The number of hydrogen-bond acceptors (Lipinski definition) is 17. The minimum Gasteiger partial charge on any atom is -0.445 e. The second kappa shape index (κ2) is 38.5. The molecular formula is C71H104N12O17. The molecule has 2 unspecified atom stereocenters. The highest BCUT2D eigenvalue weighted by Gasteiger charge is 2.45. The van der Waals surface area contributed by atoms with Crippen LogP contribution in [-0.4, -0.2) is 215 Å². The van der Waals surface area contributed by atoms with Crippen LogP contribution in [0.2, 0.25) is 0 Å². The lowest BCUT2D eigenvalue weighted by Gasteiger charge is -2.41. The number of primary amides is 1. The molecule has 0 aliphatic carbocycles. The number of amides is 14. The minimum atomic E-state index is -1.22. The summed E-state index contributed by atoms with van der Waals surface area (Å²) >= 11 is 0. The van der Waals surface area contributed by atoms with Crippen molar-refractivity contribution in [2.24, 2.45) is 35.3 Å². The lowest BCUT2D eigenvalue weighted by atomic mass is 9.89. The van der Waals surface area contributed by atoms with Crippen LogP contribution >= 0.6 is 0 Å². The van der Waals surface area contributed by atoms with E-state index in [2.05, 4.69) is 31.9 Å². The number of rotatable bonds is 38. The number of nitrogens with one attached hydrogen (secondary N) is 6. The SMILES string of the molecule is CC[C@H](C)[C@@H]([C@@H](CC(=O)N1CCCC1[C@H](OC)[C@@H](C)C(=O)N[C@H](C)[C@@H](O)c1ccccc1)OC)N(C)C(=O)[C@@H](NC(=O)[C@H](C(C)C)N(C)C(=O)OCc1ccc(NC(=O)[C@H](CCCNC(N)=O)NC(=O)[C@@H](NC(=O)CCC(CN2C(=O)C=CC2=O)N2C(=O)C=CC2=O)C(C)C)cc1)C(C)C. The van der Waals surface area contributed by atoms with Gasteiger partial charge in [-0.1, -0.05) is 111 Å². The van der Waals surface area contributed by atoms with Gasteiger partial charge in [0.15, 0.2) is 0 Å². The first-order valence-corrected chi connectivity index (χ1v) is 34.2. The van der Waals surface area contributed by atoms with Crippen molar-refractivity contribution in [2.75, 3.05) is 53.3 Å². The Kier molecular flexibility index (Phi) is 31.4. The van der Waals surface area contributed by atoms with Crippen molar-refractivity contribution in [1.82, 2.24) is 51.1 Å². The Balaban J connectivity index is 1.19. The smallest absolute Gasteiger partial charge is 0.410 e. The number of aliphatic hydroxyl groups is 1. The number of likely N-dealkylation sites (tertiary alicyclic amines) is 1. The molecule has 1 saturated heterocycles. The Labute approximate surface area is 585 Å². The van der Waals surface area contributed by atoms with Gasteiger partial charge >= 0.3 is 12.1 Å². The van der Waals surface area contributed by atoms with Crippen LogP contribution in [-0.2, 0) is 73.6 Å². The summed E-state index contributed by atoms with van der Waals surface area (Å²) in [4.78, 5) is 180. The summed E-state index contributed by atoms with van der Waals surface area (Å²) in [6.45, 7) is 17.6. The molecular weight excluding hydrogens is 1290 g/mol. The topological polar surface area (TPSA) is 384 Å². The van der Waals surface area contributed by atoms with E-state index in [1.165, 1.54) is 38.3 Å². The molecule has 0 saturated carbocycles. The quantitative estimate of drug-likeness (QED) is 0.0352. The molecule has 2 aromatic carbocycles. The number of urea groups is 1. The van der Waals surface area contributed by atoms with Crippen molar-refractivity contribution in [1.29, 1.82) is 0 Å². The fourth-order valence-corrected chi connectivity index (χ4v) is 12.9. The largest absolute Gasteiger partial charge is 0.445 e. The van der Waals surface area contributed by atoms with Gasteiger partial charge in [0.2, 0.25) is 41.4 Å². The zero-order chi connectivity index (χ0) is 74.4. The highest BCUT2D eigenvalue weighted by Crippen LogP contribution is 2.31. The number of anilines is 1. The van der Waals surface area contributed by atoms with Crippen LogP contribution in [0, 0.1) is 29.6 Å². The molecule has 1 fully saturated rings. The van der Waals surface area contributed by atoms with Crippen molar-refractivity contribution >= 4 is 82.8 Å². The molecule has 3 heterocycles. The number of methoxy groups -OCH3 is 2. The zero-order valence-corrected chi connectivity index (χ0v) is 60.0. The molecule has 3 aliphatic rings. The number of benzene rings is 2. The monoisotopic (exact) mass is 1400 g/mol. The van der Waals surface area contributed by atoms with Crippen LogP contribution in [0.5, 0.6) is 0 Å². The molecule has 0 aromatic heterocycles. The van der Waals surface area contributed by atoms with Gasteiger partial charge < -0.3 is 66.8 Å². The normalized spacial score (nSPS) is 18.1. The van der Waals surface area contributed by atoms with Crippen molar-refractivity contribution < 1.29 is 81.6 Å². The molecule has 14 amide bonds. The van der Waals surface area contributed by atoms with E-state index in [0.29, 0.717) is 36.9 Å². The molecule has 5 rings (SSSR count). The summed E-state index contributed by atoms with van der Waals surface area (Å²) in [6.07, 6.45) is 2.31. The standard InChI is InChI=1S/C71H104N12O17/c1-15-43(8)62(52(98-13)37-58(89)81-36-20-24-51(81)64(99-14)44(9)65(91)74-45(10)63(90)47-21-17-16-18-22-47)79(11)69(95)60(41(4)5)78-68(94)61(42(6)7)80(12)71(97)100-39-46-25-27-48(28-26-46)75-66(92)50(23-19-35-73-70(72)96)76-67(93)59(40(2)3)77-53(84)30-29-49(83-56(87)33-34-57(83)88)38-82-54(85)31-32-55(82)86/h16-18,21-22,25-28,31-34,40-45,49-52,59-64,90H,15,19-20,23-24,29-30,35-39H2,1-14H3,(H,74,91)(H,75,92)(H,76,93)(H,77,84)(H,78,94)(H3,72,73,96)/t43-,44+,45+,49?,50-,51?,52+,59-,60-,61-,62-,63+,64+/m0/s1. The molecule has 2 aromatic rings. The number of aliphatic hydroxyl groups excluding tert-OH is 1. The maximum atomic E-state index is 14.8. The Hall–Kier alpha value is -9.09. The Morgan fingerprint density at radius 3 is 1.86 bits per heavy atom. The van der Waals surface area contributed by atoms with Gasteiger partial charge in [0.1, 0.15) is 30.8 Å². The van der Waals surface area contributed by atoms with Gasteiger partial charge in [0, 0.05) is 77.8 Å².